The van der Waals surface area contributed by atoms with Crippen LogP contribution in [0.2, 0.25) is 0 Å². The molecule has 0 aliphatic carbocycles. The van der Waals surface area contributed by atoms with Gasteiger partial charge in [-0.05, 0) is 25.0 Å². The molecule has 111 valence electrons. The standard InChI is InChI=1S/C15H17O4.BrH.Zn/c1-4-18-14(16)13(15(17)19-5-2)11(3)12-9-7-6-8-10-12;;/h3,6-10,13H,4-5H2,1-2H3;1H;/p-1. The molecule has 0 spiro atoms. The number of hydrogen-bond acceptors (Lipinski definition) is 4. The predicted octanol–water partition coefficient (Wildman–Crippen LogP) is -0.753. The van der Waals surface area contributed by atoms with Crippen molar-refractivity contribution in [3.8, 4) is 0 Å². The fourth-order valence-corrected chi connectivity index (χ4v) is 1.60. The summed E-state index contributed by atoms with van der Waals surface area (Å²) >= 11 is 0. The van der Waals surface area contributed by atoms with Crippen LogP contribution in [0.25, 0.3) is 5.57 Å². The van der Waals surface area contributed by atoms with Gasteiger partial charge in [-0.2, -0.15) is 0 Å². The summed E-state index contributed by atoms with van der Waals surface area (Å²) in [6, 6.07) is 8.81. The Kier molecular flexibility index (Phi) is 12.4. The van der Waals surface area contributed by atoms with Crippen LogP contribution in [0.15, 0.2) is 30.3 Å². The van der Waals surface area contributed by atoms with Gasteiger partial charge in [0.2, 0.25) is 0 Å². The van der Waals surface area contributed by atoms with E-state index >= 15 is 0 Å². The minimum atomic E-state index is -1.22. The molecule has 0 amide bonds. The van der Waals surface area contributed by atoms with Crippen LogP contribution in [0.4, 0.5) is 0 Å². The second kappa shape index (κ2) is 11.6. The zero-order valence-corrected chi connectivity index (χ0v) is 16.7. The number of halogens is 1. The van der Waals surface area contributed by atoms with Crippen molar-refractivity contribution < 1.29 is 55.5 Å². The predicted molar refractivity (Wildman–Crippen MR) is 70.9 cm³/mol. The Morgan fingerprint density at radius 2 is 1.48 bits per heavy atom. The Bertz CT molecular complexity index is 444. The van der Waals surface area contributed by atoms with Gasteiger partial charge in [0.15, 0.2) is 5.92 Å². The quantitative estimate of drug-likeness (QED) is 0.354. The number of hydrogen-bond donors (Lipinski definition) is 0. The summed E-state index contributed by atoms with van der Waals surface area (Å²) in [6.45, 7) is 9.60. The molecular weight excluding hydrogens is 389 g/mol. The zero-order valence-electron chi connectivity index (χ0n) is 12.2. The molecule has 1 rings (SSSR count). The molecule has 6 heteroatoms. The summed E-state index contributed by atoms with van der Waals surface area (Å²) in [6.07, 6.45) is 0. The molecule has 1 radical (unpaired) electrons. The maximum Gasteiger partial charge on any atom is 0.324 e. The van der Waals surface area contributed by atoms with Crippen molar-refractivity contribution in [2.45, 2.75) is 13.8 Å². The van der Waals surface area contributed by atoms with Crippen molar-refractivity contribution >= 4 is 17.5 Å². The van der Waals surface area contributed by atoms with E-state index in [0.717, 1.165) is 0 Å². The molecule has 0 unspecified atom stereocenters. The van der Waals surface area contributed by atoms with Crippen LogP contribution in [-0.4, -0.2) is 25.2 Å². The summed E-state index contributed by atoms with van der Waals surface area (Å²) in [5.41, 5.74) is 0.742. The average molecular weight is 407 g/mol. The maximum absolute atomic E-state index is 11.9. The summed E-state index contributed by atoms with van der Waals surface area (Å²) in [5, 5.41) is 0. The SMILES string of the molecule is [Br-].[CH]=C(c1ccccc1)C(C(=O)OCC)C(=O)OCC.[Zn]. The smallest absolute Gasteiger partial charge is 0.324 e. The molecule has 0 fully saturated rings. The minimum absolute atomic E-state index is 0. The van der Waals surface area contributed by atoms with Crippen molar-refractivity contribution in [2.24, 2.45) is 5.92 Å². The van der Waals surface area contributed by atoms with Crippen LogP contribution >= 0.6 is 0 Å². The first-order valence-electron chi connectivity index (χ1n) is 6.12. The Morgan fingerprint density at radius 3 is 1.86 bits per heavy atom. The molecular formula is C15H17BrO4Zn-. The van der Waals surface area contributed by atoms with Gasteiger partial charge in [0.25, 0.3) is 0 Å². The first-order valence-corrected chi connectivity index (χ1v) is 6.12. The summed E-state index contributed by atoms with van der Waals surface area (Å²) < 4.78 is 9.75. The van der Waals surface area contributed by atoms with E-state index in [2.05, 4.69) is 0 Å². The van der Waals surface area contributed by atoms with Gasteiger partial charge in [0.1, 0.15) is 0 Å². The molecule has 0 saturated heterocycles. The van der Waals surface area contributed by atoms with E-state index in [-0.39, 0.29) is 55.2 Å². The first-order chi connectivity index (χ1) is 9.11. The molecule has 0 heterocycles. The molecule has 0 bridgehead atoms. The van der Waals surface area contributed by atoms with Crippen LogP contribution in [-0.2, 0) is 38.5 Å². The maximum atomic E-state index is 11.9. The molecule has 1 aromatic rings. The van der Waals surface area contributed by atoms with Crippen molar-refractivity contribution in [3.05, 3.63) is 42.5 Å². The molecule has 21 heavy (non-hydrogen) atoms. The normalized spacial score (nSPS) is 9.10. The fourth-order valence-electron chi connectivity index (χ4n) is 1.60. The largest absolute Gasteiger partial charge is 1.00 e. The summed E-state index contributed by atoms with van der Waals surface area (Å²) in [4.78, 5) is 23.7. The molecule has 0 N–H and O–H groups in total. The number of rotatable bonds is 6. The second-order valence-electron chi connectivity index (χ2n) is 3.76. The average Bonchev–Trinajstić information content (AvgIpc) is 2.40. The fraction of sp³-hybridized carbons (Fsp3) is 0.333. The van der Waals surface area contributed by atoms with Crippen LogP contribution in [0.1, 0.15) is 19.4 Å². The van der Waals surface area contributed by atoms with Gasteiger partial charge in [-0.3, -0.25) is 9.59 Å². The third-order valence-electron chi connectivity index (χ3n) is 2.46. The van der Waals surface area contributed by atoms with E-state index in [4.69, 9.17) is 16.1 Å². The van der Waals surface area contributed by atoms with Gasteiger partial charge in [-0.15, -0.1) is 0 Å². The monoisotopic (exact) mass is 404 g/mol. The van der Waals surface area contributed by atoms with Crippen LogP contribution < -0.4 is 17.0 Å². The van der Waals surface area contributed by atoms with Gasteiger partial charge in [-0.1, -0.05) is 36.9 Å². The van der Waals surface area contributed by atoms with E-state index in [0.29, 0.717) is 5.56 Å². The van der Waals surface area contributed by atoms with Gasteiger partial charge < -0.3 is 26.5 Å². The molecule has 4 nitrogen and oxygen atoms in total. The Morgan fingerprint density at radius 1 is 1.05 bits per heavy atom. The molecule has 0 aliphatic heterocycles. The van der Waals surface area contributed by atoms with Crippen molar-refractivity contribution in [3.63, 3.8) is 0 Å². The molecule has 1 aromatic carbocycles. The van der Waals surface area contributed by atoms with Crippen molar-refractivity contribution in [1.29, 1.82) is 0 Å². The number of carbonyl (C=O) groups excluding carboxylic acids is 2. The summed E-state index contributed by atoms with van der Waals surface area (Å²) in [5.74, 6) is -2.60. The Hall–Kier alpha value is -0.997. The number of ether oxygens (including phenoxy) is 2. The van der Waals surface area contributed by atoms with Crippen molar-refractivity contribution in [1.82, 2.24) is 0 Å². The van der Waals surface area contributed by atoms with E-state index < -0.39 is 17.9 Å². The topological polar surface area (TPSA) is 52.6 Å². The number of benzene rings is 1. The van der Waals surface area contributed by atoms with Crippen LogP contribution in [0, 0.1) is 12.5 Å². The van der Waals surface area contributed by atoms with E-state index in [1.165, 1.54) is 0 Å². The molecule has 0 atom stereocenters. The first kappa shape index (κ1) is 22.3. The summed E-state index contributed by atoms with van der Waals surface area (Å²) in [7, 11) is 0. The van der Waals surface area contributed by atoms with Gasteiger partial charge in [-0.25, -0.2) is 0 Å². The van der Waals surface area contributed by atoms with E-state index in [1.54, 1.807) is 38.1 Å². The van der Waals surface area contributed by atoms with Gasteiger partial charge in [0, 0.05) is 19.5 Å². The number of esters is 2. The van der Waals surface area contributed by atoms with E-state index in [1.807, 2.05) is 6.07 Å². The molecule has 0 aliphatic rings. The Labute approximate surface area is 148 Å². The van der Waals surface area contributed by atoms with Crippen LogP contribution in [0.5, 0.6) is 0 Å². The van der Waals surface area contributed by atoms with Gasteiger partial charge >= 0.3 is 11.9 Å². The molecule has 0 aromatic heterocycles. The second-order valence-corrected chi connectivity index (χ2v) is 3.76. The van der Waals surface area contributed by atoms with Gasteiger partial charge in [0.05, 0.1) is 13.2 Å². The molecule has 0 saturated carbocycles. The zero-order chi connectivity index (χ0) is 14.3. The third kappa shape index (κ3) is 6.53. The van der Waals surface area contributed by atoms with Crippen LogP contribution in [0.3, 0.4) is 0 Å². The third-order valence-corrected chi connectivity index (χ3v) is 2.46. The minimum Gasteiger partial charge on any atom is -1.00 e. The van der Waals surface area contributed by atoms with Crippen molar-refractivity contribution in [2.75, 3.05) is 13.2 Å². The number of carbonyl (C=O) groups is 2. The van der Waals surface area contributed by atoms with E-state index in [9.17, 15) is 9.59 Å². The Balaban J connectivity index is 0.